The maximum absolute atomic E-state index is 11.7. The second kappa shape index (κ2) is 8.60. The van der Waals surface area contributed by atoms with E-state index < -0.39 is 11.7 Å². The first-order chi connectivity index (χ1) is 13.8. The molecule has 2 aromatic heterocycles. The molecule has 0 aromatic carbocycles. The van der Waals surface area contributed by atoms with Gasteiger partial charge in [0.15, 0.2) is 5.75 Å². The van der Waals surface area contributed by atoms with Gasteiger partial charge in [0.1, 0.15) is 35.7 Å². The molecule has 2 aromatic rings. The number of rotatable bonds is 5. The Kier molecular flexibility index (Phi) is 5.97. The largest absolute Gasteiger partial charge is 0.485 e. The molecule has 3 heterocycles. The Balaban J connectivity index is 1.57. The van der Waals surface area contributed by atoms with Crippen LogP contribution in [0.4, 0.5) is 16.4 Å². The zero-order chi connectivity index (χ0) is 20.9. The molecule has 1 saturated heterocycles. The maximum Gasteiger partial charge on any atom is 0.426 e. The van der Waals surface area contributed by atoms with Gasteiger partial charge in [0.2, 0.25) is 0 Å². The van der Waals surface area contributed by atoms with Gasteiger partial charge in [-0.05, 0) is 26.8 Å². The van der Waals surface area contributed by atoms with Crippen molar-refractivity contribution in [1.82, 2.24) is 20.4 Å². The summed E-state index contributed by atoms with van der Waals surface area (Å²) >= 11 is 0. The molecule has 3 rings (SSSR count). The fraction of sp³-hybridized carbons (Fsp3) is 0.421. The first-order valence-corrected chi connectivity index (χ1v) is 9.17. The molecule has 0 unspecified atom stereocenters. The number of hydrazine groups is 1. The van der Waals surface area contributed by atoms with E-state index >= 15 is 0 Å². The first-order valence-electron chi connectivity index (χ1n) is 9.17. The van der Waals surface area contributed by atoms with Crippen LogP contribution in [0.2, 0.25) is 0 Å². The number of carbonyl (C=O) groups is 1. The number of nitriles is 1. The van der Waals surface area contributed by atoms with Gasteiger partial charge in [0.05, 0.1) is 18.3 Å². The SMILES string of the molecule is CC(C)(C)OC(=O)NNc1cc(N2CC[C@H](Oc3cnccc3C#N)C2)ncn1. The molecule has 10 nitrogen and oxygen atoms in total. The molecule has 2 N–H and O–H groups in total. The van der Waals surface area contributed by atoms with E-state index in [-0.39, 0.29) is 6.10 Å². The van der Waals surface area contributed by atoms with Crippen LogP contribution in [0, 0.1) is 11.3 Å². The molecule has 0 aliphatic carbocycles. The second-order valence-corrected chi connectivity index (χ2v) is 7.47. The molecule has 1 amide bonds. The highest BCUT2D eigenvalue weighted by Crippen LogP contribution is 2.24. The molecule has 0 spiro atoms. The summed E-state index contributed by atoms with van der Waals surface area (Å²) in [7, 11) is 0. The van der Waals surface area contributed by atoms with Gasteiger partial charge in [0, 0.05) is 25.2 Å². The Morgan fingerprint density at radius 1 is 1.38 bits per heavy atom. The minimum absolute atomic E-state index is 0.0856. The van der Waals surface area contributed by atoms with Gasteiger partial charge in [-0.1, -0.05) is 0 Å². The van der Waals surface area contributed by atoms with Crippen LogP contribution in [0.15, 0.2) is 30.9 Å². The average Bonchev–Trinajstić information content (AvgIpc) is 3.14. The Hall–Kier alpha value is -3.61. The lowest BCUT2D eigenvalue weighted by Gasteiger charge is -2.20. The van der Waals surface area contributed by atoms with Gasteiger partial charge < -0.3 is 14.4 Å². The van der Waals surface area contributed by atoms with Gasteiger partial charge in [-0.15, -0.1) is 0 Å². The number of ether oxygens (including phenoxy) is 2. The van der Waals surface area contributed by atoms with Crippen molar-refractivity contribution >= 4 is 17.7 Å². The molecule has 0 saturated carbocycles. The quantitative estimate of drug-likeness (QED) is 0.731. The van der Waals surface area contributed by atoms with Crippen LogP contribution in [0.3, 0.4) is 0 Å². The van der Waals surface area contributed by atoms with E-state index in [1.165, 1.54) is 6.33 Å². The maximum atomic E-state index is 11.7. The third kappa shape index (κ3) is 5.68. The van der Waals surface area contributed by atoms with Gasteiger partial charge in [-0.25, -0.2) is 20.2 Å². The van der Waals surface area contributed by atoms with Crippen LogP contribution in [-0.2, 0) is 4.74 Å². The highest BCUT2D eigenvalue weighted by atomic mass is 16.6. The molecule has 1 aliphatic rings. The number of pyridine rings is 1. The summed E-state index contributed by atoms with van der Waals surface area (Å²) in [4.78, 5) is 26.2. The van der Waals surface area contributed by atoms with E-state index in [0.29, 0.717) is 29.5 Å². The predicted molar refractivity (Wildman–Crippen MR) is 105 cm³/mol. The summed E-state index contributed by atoms with van der Waals surface area (Å²) in [5.74, 6) is 1.61. The number of carbonyl (C=O) groups excluding carboxylic acids is 1. The van der Waals surface area contributed by atoms with Crippen molar-refractivity contribution in [3.8, 4) is 11.8 Å². The zero-order valence-corrected chi connectivity index (χ0v) is 16.5. The molecule has 1 aliphatic heterocycles. The number of amides is 1. The van der Waals surface area contributed by atoms with E-state index in [9.17, 15) is 10.1 Å². The van der Waals surface area contributed by atoms with E-state index in [2.05, 4.69) is 31.9 Å². The van der Waals surface area contributed by atoms with Crippen LogP contribution >= 0.6 is 0 Å². The number of anilines is 2. The number of nitrogens with zero attached hydrogens (tertiary/aromatic N) is 5. The summed E-state index contributed by atoms with van der Waals surface area (Å²) in [6, 6.07) is 5.46. The van der Waals surface area contributed by atoms with Crippen molar-refractivity contribution in [3.05, 3.63) is 36.4 Å². The van der Waals surface area contributed by atoms with Crippen molar-refractivity contribution in [1.29, 1.82) is 5.26 Å². The van der Waals surface area contributed by atoms with E-state index in [1.54, 1.807) is 45.3 Å². The van der Waals surface area contributed by atoms with Crippen molar-refractivity contribution in [2.45, 2.75) is 38.9 Å². The standard InChI is InChI=1S/C19H23N7O3/c1-19(2,3)29-18(27)25-24-16-8-17(23-12-22-16)26-7-5-14(11-26)28-15-10-21-6-4-13(15)9-20/h4,6,8,10,12,14H,5,7,11H2,1-3H3,(H,25,27)(H,22,23,24)/t14-/m0/s1. The minimum Gasteiger partial charge on any atom is -0.485 e. The van der Waals surface area contributed by atoms with Crippen LogP contribution in [-0.4, -0.2) is 45.8 Å². The normalized spacial score (nSPS) is 16.1. The van der Waals surface area contributed by atoms with Crippen molar-refractivity contribution in [3.63, 3.8) is 0 Å². The Morgan fingerprint density at radius 2 is 2.21 bits per heavy atom. The summed E-state index contributed by atoms with van der Waals surface area (Å²) in [5.41, 5.74) is 5.03. The number of aromatic nitrogens is 3. The smallest absolute Gasteiger partial charge is 0.426 e. The molecular formula is C19H23N7O3. The van der Waals surface area contributed by atoms with Crippen LogP contribution in [0.5, 0.6) is 5.75 Å². The summed E-state index contributed by atoms with van der Waals surface area (Å²) in [5, 5.41) is 9.17. The van der Waals surface area contributed by atoms with Crippen molar-refractivity contribution in [2.75, 3.05) is 23.4 Å². The van der Waals surface area contributed by atoms with E-state index in [1.807, 2.05) is 4.90 Å². The Bertz CT molecular complexity index is 907. The van der Waals surface area contributed by atoms with Crippen LogP contribution in [0.1, 0.15) is 32.8 Å². The predicted octanol–water partition coefficient (Wildman–Crippen LogP) is 2.25. The van der Waals surface area contributed by atoms with Gasteiger partial charge >= 0.3 is 6.09 Å². The first kappa shape index (κ1) is 20.1. The molecule has 1 atom stereocenters. The summed E-state index contributed by atoms with van der Waals surface area (Å²) in [6.45, 7) is 6.70. The minimum atomic E-state index is -0.600. The van der Waals surface area contributed by atoms with E-state index in [4.69, 9.17) is 9.47 Å². The molecule has 1 fully saturated rings. The topological polar surface area (TPSA) is 125 Å². The van der Waals surface area contributed by atoms with Crippen molar-refractivity contribution in [2.24, 2.45) is 0 Å². The number of hydrogen-bond acceptors (Lipinski definition) is 9. The fourth-order valence-electron chi connectivity index (χ4n) is 2.79. The summed E-state index contributed by atoms with van der Waals surface area (Å²) in [6.07, 6.45) is 4.62. The number of hydrogen-bond donors (Lipinski definition) is 2. The average molecular weight is 397 g/mol. The molecule has 29 heavy (non-hydrogen) atoms. The molecule has 152 valence electrons. The summed E-state index contributed by atoms with van der Waals surface area (Å²) < 4.78 is 11.1. The Labute approximate surface area is 168 Å². The molecule has 0 radical (unpaired) electrons. The van der Waals surface area contributed by atoms with Crippen LogP contribution < -0.4 is 20.5 Å². The third-order valence-electron chi connectivity index (χ3n) is 4.01. The lowest BCUT2D eigenvalue weighted by Crippen LogP contribution is -2.36. The fourth-order valence-corrected chi connectivity index (χ4v) is 2.79. The highest BCUT2D eigenvalue weighted by Gasteiger charge is 2.26. The monoisotopic (exact) mass is 397 g/mol. The van der Waals surface area contributed by atoms with Gasteiger partial charge in [0.25, 0.3) is 0 Å². The second-order valence-electron chi connectivity index (χ2n) is 7.47. The lowest BCUT2D eigenvalue weighted by molar-refractivity contribution is 0.0541. The molecule has 0 bridgehead atoms. The molecular weight excluding hydrogens is 374 g/mol. The van der Waals surface area contributed by atoms with Gasteiger partial charge in [-0.2, -0.15) is 5.26 Å². The lowest BCUT2D eigenvalue weighted by atomic mass is 10.2. The highest BCUT2D eigenvalue weighted by molar-refractivity contribution is 5.69. The van der Waals surface area contributed by atoms with Gasteiger partial charge in [-0.3, -0.25) is 10.4 Å². The molecule has 10 heteroatoms. The Morgan fingerprint density at radius 3 is 2.97 bits per heavy atom. The van der Waals surface area contributed by atoms with Crippen LogP contribution in [0.25, 0.3) is 0 Å². The zero-order valence-electron chi connectivity index (χ0n) is 16.5. The number of nitrogens with one attached hydrogen (secondary N) is 2. The van der Waals surface area contributed by atoms with E-state index in [0.717, 1.165) is 13.0 Å². The van der Waals surface area contributed by atoms with Crippen molar-refractivity contribution < 1.29 is 14.3 Å². The third-order valence-corrected chi connectivity index (χ3v) is 4.01.